The van der Waals surface area contributed by atoms with Crippen LogP contribution in [0, 0.1) is 0 Å². The molecule has 112 valence electrons. The molecule has 1 amide bonds. The van der Waals surface area contributed by atoms with Crippen molar-refractivity contribution in [2.24, 2.45) is 0 Å². The Morgan fingerprint density at radius 2 is 2.00 bits per heavy atom. The Kier molecular flexibility index (Phi) is 6.56. The molecule has 0 fully saturated rings. The second kappa shape index (κ2) is 7.70. The monoisotopic (exact) mass is 294 g/mol. The van der Waals surface area contributed by atoms with E-state index in [1.807, 2.05) is 0 Å². The fraction of sp³-hybridized carbons (Fsp3) is 0.562. The van der Waals surface area contributed by atoms with Gasteiger partial charge in [0.05, 0.1) is 0 Å². The Morgan fingerprint density at radius 3 is 2.60 bits per heavy atom. The van der Waals surface area contributed by atoms with E-state index in [9.17, 15) is 4.79 Å². The van der Waals surface area contributed by atoms with Crippen LogP contribution in [0.5, 0.6) is 0 Å². The van der Waals surface area contributed by atoms with Crippen LogP contribution in [0.15, 0.2) is 29.2 Å². The smallest absolute Gasteiger partial charge is 0.222 e. The third-order valence-corrected chi connectivity index (χ3v) is 3.80. The highest BCUT2D eigenvalue weighted by Crippen LogP contribution is 2.20. The van der Waals surface area contributed by atoms with Crippen molar-refractivity contribution < 1.29 is 4.79 Å². The fourth-order valence-electron chi connectivity index (χ4n) is 1.59. The third-order valence-electron chi connectivity index (χ3n) is 2.80. The van der Waals surface area contributed by atoms with Gasteiger partial charge in [0, 0.05) is 43.2 Å². The molecule has 0 aliphatic heterocycles. The minimum atomic E-state index is 0.126. The lowest BCUT2D eigenvalue weighted by atomic mass is 10.1. The molecule has 0 unspecified atom stereocenters. The maximum absolute atomic E-state index is 11.5. The van der Waals surface area contributed by atoms with Crippen LogP contribution in [-0.4, -0.2) is 36.2 Å². The first-order chi connectivity index (χ1) is 9.28. The SMILES string of the molecule is CN(C)C(=O)CCSc1cccc(CNC(C)(C)C)c1. The summed E-state index contributed by atoms with van der Waals surface area (Å²) < 4.78 is 0. The minimum absolute atomic E-state index is 0.126. The van der Waals surface area contributed by atoms with Gasteiger partial charge in [-0.2, -0.15) is 0 Å². The lowest BCUT2D eigenvalue weighted by Gasteiger charge is -2.20. The van der Waals surface area contributed by atoms with Crippen molar-refractivity contribution in [3.05, 3.63) is 29.8 Å². The third kappa shape index (κ3) is 6.96. The van der Waals surface area contributed by atoms with E-state index in [-0.39, 0.29) is 11.4 Å². The highest BCUT2D eigenvalue weighted by molar-refractivity contribution is 7.99. The van der Waals surface area contributed by atoms with E-state index in [0.717, 1.165) is 12.3 Å². The predicted molar refractivity (Wildman–Crippen MR) is 87.1 cm³/mol. The molecule has 1 aromatic carbocycles. The van der Waals surface area contributed by atoms with Gasteiger partial charge in [-0.15, -0.1) is 11.8 Å². The van der Waals surface area contributed by atoms with Gasteiger partial charge in [0.1, 0.15) is 0 Å². The second-order valence-electron chi connectivity index (χ2n) is 6.14. The summed E-state index contributed by atoms with van der Waals surface area (Å²) in [4.78, 5) is 14.4. The lowest BCUT2D eigenvalue weighted by molar-refractivity contribution is -0.128. The minimum Gasteiger partial charge on any atom is -0.349 e. The van der Waals surface area contributed by atoms with Gasteiger partial charge in [-0.1, -0.05) is 12.1 Å². The zero-order valence-corrected chi connectivity index (χ0v) is 14.0. The van der Waals surface area contributed by atoms with Gasteiger partial charge < -0.3 is 10.2 Å². The Balaban J connectivity index is 2.45. The molecule has 0 radical (unpaired) electrons. The van der Waals surface area contributed by atoms with Gasteiger partial charge in [0.15, 0.2) is 0 Å². The number of carbonyl (C=O) groups excluding carboxylic acids is 1. The van der Waals surface area contributed by atoms with Gasteiger partial charge in [-0.05, 0) is 38.5 Å². The van der Waals surface area contributed by atoms with Crippen LogP contribution in [0.1, 0.15) is 32.8 Å². The summed E-state index contributed by atoms with van der Waals surface area (Å²) in [6.07, 6.45) is 0.585. The molecule has 20 heavy (non-hydrogen) atoms. The second-order valence-corrected chi connectivity index (χ2v) is 7.31. The molecule has 0 spiro atoms. The molecule has 0 heterocycles. The van der Waals surface area contributed by atoms with Crippen LogP contribution in [-0.2, 0) is 11.3 Å². The van der Waals surface area contributed by atoms with Gasteiger partial charge >= 0.3 is 0 Å². The Morgan fingerprint density at radius 1 is 1.30 bits per heavy atom. The van der Waals surface area contributed by atoms with Crippen LogP contribution >= 0.6 is 11.8 Å². The summed E-state index contributed by atoms with van der Waals surface area (Å²) >= 11 is 1.74. The maximum Gasteiger partial charge on any atom is 0.222 e. The van der Waals surface area contributed by atoms with E-state index >= 15 is 0 Å². The van der Waals surface area contributed by atoms with Gasteiger partial charge in [0.2, 0.25) is 5.91 Å². The molecular formula is C16H26N2OS. The van der Waals surface area contributed by atoms with Crippen LogP contribution in [0.3, 0.4) is 0 Å². The van der Waals surface area contributed by atoms with Crippen LogP contribution < -0.4 is 5.32 Å². The fourth-order valence-corrected chi connectivity index (χ4v) is 2.51. The predicted octanol–water partition coefficient (Wildman–Crippen LogP) is 3.15. The van der Waals surface area contributed by atoms with Crippen LogP contribution in [0.4, 0.5) is 0 Å². The standard InChI is InChI=1S/C16H26N2OS/c1-16(2,3)17-12-13-7-6-8-14(11-13)20-10-9-15(19)18(4)5/h6-8,11,17H,9-10,12H2,1-5H3. The van der Waals surface area contributed by atoms with Crippen molar-refractivity contribution in [2.45, 2.75) is 44.2 Å². The molecule has 3 nitrogen and oxygen atoms in total. The highest BCUT2D eigenvalue weighted by atomic mass is 32.2. The van der Waals surface area contributed by atoms with E-state index in [0.29, 0.717) is 6.42 Å². The number of nitrogens with one attached hydrogen (secondary N) is 1. The largest absolute Gasteiger partial charge is 0.349 e. The molecule has 0 aliphatic rings. The van der Waals surface area contributed by atoms with Crippen molar-refractivity contribution in [2.75, 3.05) is 19.8 Å². The summed E-state index contributed by atoms with van der Waals surface area (Å²) in [7, 11) is 3.59. The van der Waals surface area contributed by atoms with Gasteiger partial charge in [-0.3, -0.25) is 4.79 Å². The number of hydrogen-bond donors (Lipinski definition) is 1. The molecule has 1 rings (SSSR count). The van der Waals surface area contributed by atoms with E-state index in [1.54, 1.807) is 30.8 Å². The van der Waals surface area contributed by atoms with Crippen molar-refractivity contribution in [1.29, 1.82) is 0 Å². The zero-order chi connectivity index (χ0) is 15.2. The number of rotatable bonds is 6. The number of carbonyl (C=O) groups is 1. The quantitative estimate of drug-likeness (QED) is 0.818. The normalized spacial score (nSPS) is 11.4. The van der Waals surface area contributed by atoms with Crippen molar-refractivity contribution >= 4 is 17.7 Å². The number of thioether (sulfide) groups is 1. The topological polar surface area (TPSA) is 32.3 Å². The molecule has 0 bridgehead atoms. The van der Waals surface area contributed by atoms with Gasteiger partial charge in [0.25, 0.3) is 0 Å². The molecule has 0 saturated carbocycles. The molecule has 0 aromatic heterocycles. The Labute approximate surface area is 127 Å². The number of amides is 1. The average molecular weight is 294 g/mol. The molecule has 4 heteroatoms. The molecule has 1 aromatic rings. The average Bonchev–Trinajstić information content (AvgIpc) is 2.36. The summed E-state index contributed by atoms with van der Waals surface area (Å²) in [5.41, 5.74) is 1.41. The van der Waals surface area contributed by atoms with Crippen molar-refractivity contribution in [3.63, 3.8) is 0 Å². The van der Waals surface area contributed by atoms with Gasteiger partial charge in [-0.25, -0.2) is 0 Å². The summed E-state index contributed by atoms with van der Waals surface area (Å²) in [6, 6.07) is 8.51. The molecule has 1 N–H and O–H groups in total. The first kappa shape index (κ1) is 17.1. The van der Waals surface area contributed by atoms with E-state index in [2.05, 4.69) is 50.4 Å². The van der Waals surface area contributed by atoms with E-state index < -0.39 is 0 Å². The summed E-state index contributed by atoms with van der Waals surface area (Å²) in [6.45, 7) is 7.36. The van der Waals surface area contributed by atoms with Crippen LogP contribution in [0.25, 0.3) is 0 Å². The zero-order valence-electron chi connectivity index (χ0n) is 13.2. The lowest BCUT2D eigenvalue weighted by Crippen LogP contribution is -2.35. The molecule has 0 aliphatic carbocycles. The molecule has 0 atom stereocenters. The summed E-state index contributed by atoms with van der Waals surface area (Å²) in [5.74, 6) is 1.01. The van der Waals surface area contributed by atoms with Crippen molar-refractivity contribution in [1.82, 2.24) is 10.2 Å². The van der Waals surface area contributed by atoms with E-state index in [4.69, 9.17) is 0 Å². The number of hydrogen-bond acceptors (Lipinski definition) is 3. The molecular weight excluding hydrogens is 268 g/mol. The van der Waals surface area contributed by atoms with Crippen molar-refractivity contribution in [3.8, 4) is 0 Å². The number of nitrogens with zero attached hydrogens (tertiary/aromatic N) is 1. The maximum atomic E-state index is 11.5. The number of benzene rings is 1. The van der Waals surface area contributed by atoms with Crippen LogP contribution in [0.2, 0.25) is 0 Å². The highest BCUT2D eigenvalue weighted by Gasteiger charge is 2.08. The first-order valence-corrected chi connectivity index (χ1v) is 7.93. The Hall–Kier alpha value is -1.00. The first-order valence-electron chi connectivity index (χ1n) is 6.95. The molecule has 0 saturated heterocycles. The van der Waals surface area contributed by atoms with E-state index in [1.165, 1.54) is 10.5 Å². The Bertz CT molecular complexity index is 438. The summed E-state index contributed by atoms with van der Waals surface area (Å²) in [5, 5.41) is 3.48.